The number of phenolic OH excluding ortho intramolecular Hbond substituents is 1. The number of aliphatic hydroxyl groups is 2. The van der Waals surface area contributed by atoms with Gasteiger partial charge in [0.2, 0.25) is 0 Å². The molecule has 0 unspecified atom stereocenters. The highest BCUT2D eigenvalue weighted by Gasteiger charge is 2.19. The molecule has 0 atom stereocenters. The third kappa shape index (κ3) is 11.6. The number of aliphatic hydroxyl groups excluding tert-OH is 2. The molecule has 7 nitrogen and oxygen atoms in total. The molecule has 0 amide bonds. The molecule has 0 saturated carbocycles. The van der Waals surface area contributed by atoms with Gasteiger partial charge < -0.3 is 24.4 Å². The molecule has 0 aliphatic rings. The molecule has 0 spiro atoms. The summed E-state index contributed by atoms with van der Waals surface area (Å²) < 4.78 is 32.4. The van der Waals surface area contributed by atoms with E-state index in [1.54, 1.807) is 0 Å². The van der Waals surface area contributed by atoms with Crippen LogP contribution in [0.3, 0.4) is 0 Å². The van der Waals surface area contributed by atoms with E-state index < -0.39 is 10.1 Å². The molecule has 0 aliphatic heterocycles. The quantitative estimate of drug-likeness (QED) is 0.272. The molecule has 28 heavy (non-hydrogen) atoms. The lowest BCUT2D eigenvalue weighted by Gasteiger charge is -2.33. The molecule has 3 N–H and O–H groups in total. The van der Waals surface area contributed by atoms with E-state index in [2.05, 4.69) is 14.0 Å². The third-order valence-corrected chi connectivity index (χ3v) is 5.75. The molecule has 1 rings (SSSR count). The van der Waals surface area contributed by atoms with Crippen LogP contribution in [0.2, 0.25) is 0 Å². The van der Waals surface area contributed by atoms with Gasteiger partial charge in [-0.15, -0.1) is 0 Å². The van der Waals surface area contributed by atoms with Crippen molar-refractivity contribution in [3.05, 3.63) is 23.8 Å². The number of benzene rings is 1. The largest absolute Gasteiger partial charge is 0.744 e. The Bertz CT molecular complexity index is 642. The van der Waals surface area contributed by atoms with Gasteiger partial charge in [-0.25, -0.2) is 8.42 Å². The summed E-state index contributed by atoms with van der Waals surface area (Å²) in [4.78, 5) is -0.373. The van der Waals surface area contributed by atoms with Gasteiger partial charge in [0.05, 0.1) is 31.7 Å². The lowest BCUT2D eigenvalue weighted by Crippen LogP contribution is -2.48. The zero-order valence-electron chi connectivity index (χ0n) is 17.4. The first kappa shape index (κ1) is 26.8. The summed E-state index contributed by atoms with van der Waals surface area (Å²) >= 11 is 0. The molecule has 0 saturated heterocycles. The van der Waals surface area contributed by atoms with Crippen LogP contribution >= 0.6 is 0 Å². The molecule has 1 aromatic rings. The van der Waals surface area contributed by atoms with Crippen molar-refractivity contribution in [3.8, 4) is 5.75 Å². The standard InChI is InChI=1S/C13H30NO2.C7H8O4S/c1-3-4-5-6-7-8-9-14(2,10-12-15)11-13-16;1-5-2-3-6(8)4-7(5)12(9,10)11/h15-16H,3-13H2,1-2H3;2-4,8H,1H3,(H,9,10,11)/q+1;/p-1. The van der Waals surface area contributed by atoms with E-state index in [9.17, 15) is 13.0 Å². The number of hydrogen-bond donors (Lipinski definition) is 3. The fourth-order valence-electron chi connectivity index (χ4n) is 2.95. The van der Waals surface area contributed by atoms with Crippen molar-refractivity contribution >= 4 is 10.1 Å². The minimum absolute atomic E-state index is 0.215. The maximum absolute atomic E-state index is 10.5. The van der Waals surface area contributed by atoms with Crippen LogP contribution in [0.25, 0.3) is 0 Å². The molecule has 0 aliphatic carbocycles. The molecule has 0 fully saturated rings. The summed E-state index contributed by atoms with van der Waals surface area (Å²) in [5, 5.41) is 26.9. The van der Waals surface area contributed by atoms with Gasteiger partial charge in [-0.3, -0.25) is 0 Å². The fourth-order valence-corrected chi connectivity index (χ4v) is 3.68. The SMILES string of the molecule is CCCCCCCC[N+](C)(CCO)CCO.Cc1ccc(O)cc1S(=O)(=O)[O-]. The Hall–Kier alpha value is -1.19. The predicted octanol–water partition coefficient (Wildman–Crippen LogP) is 2.38. The lowest BCUT2D eigenvalue weighted by molar-refractivity contribution is -0.910. The molecule has 1 aromatic carbocycles. The Morgan fingerprint density at radius 1 is 0.964 bits per heavy atom. The third-order valence-electron chi connectivity index (χ3n) is 4.77. The maximum Gasteiger partial charge on any atom is 0.124 e. The number of aryl methyl sites for hydroxylation is 1. The van der Waals surface area contributed by atoms with Crippen LogP contribution < -0.4 is 0 Å². The molecule has 0 bridgehead atoms. The van der Waals surface area contributed by atoms with Gasteiger partial charge in [0.25, 0.3) is 0 Å². The van der Waals surface area contributed by atoms with Gasteiger partial charge >= 0.3 is 0 Å². The van der Waals surface area contributed by atoms with Crippen LogP contribution in [-0.2, 0) is 10.1 Å². The Labute approximate surface area is 170 Å². The van der Waals surface area contributed by atoms with Crippen molar-refractivity contribution in [1.82, 2.24) is 0 Å². The first-order chi connectivity index (χ1) is 13.1. The number of unbranched alkanes of at least 4 members (excludes halogenated alkanes) is 5. The normalized spacial score (nSPS) is 11.8. The predicted molar refractivity (Wildman–Crippen MR) is 109 cm³/mol. The zero-order valence-corrected chi connectivity index (χ0v) is 18.2. The molecule has 8 heteroatoms. The molecular weight excluding hydrogens is 382 g/mol. The zero-order chi connectivity index (χ0) is 21.6. The second-order valence-corrected chi connectivity index (χ2v) is 8.76. The van der Waals surface area contributed by atoms with Crippen molar-refractivity contribution in [1.29, 1.82) is 0 Å². The van der Waals surface area contributed by atoms with Crippen molar-refractivity contribution in [3.63, 3.8) is 0 Å². The number of hydrogen-bond acceptors (Lipinski definition) is 6. The summed E-state index contributed by atoms with van der Waals surface area (Å²) in [6.45, 7) is 6.75. The van der Waals surface area contributed by atoms with Crippen LogP contribution in [0, 0.1) is 6.92 Å². The highest BCUT2D eigenvalue weighted by Crippen LogP contribution is 2.19. The molecular formula is C20H37NO6S. The topological polar surface area (TPSA) is 118 Å². The van der Waals surface area contributed by atoms with Crippen LogP contribution in [0.1, 0.15) is 51.0 Å². The smallest absolute Gasteiger partial charge is 0.124 e. The van der Waals surface area contributed by atoms with Crippen LogP contribution in [-0.4, -0.2) is 72.7 Å². The van der Waals surface area contributed by atoms with Gasteiger partial charge in [-0.2, -0.15) is 0 Å². The fraction of sp³-hybridized carbons (Fsp3) is 0.700. The van der Waals surface area contributed by atoms with E-state index in [1.807, 2.05) is 0 Å². The summed E-state index contributed by atoms with van der Waals surface area (Å²) in [6.07, 6.45) is 7.80. The molecule has 164 valence electrons. The van der Waals surface area contributed by atoms with E-state index in [0.717, 1.165) is 30.2 Å². The van der Waals surface area contributed by atoms with Gasteiger partial charge in [0, 0.05) is 0 Å². The van der Waals surface area contributed by atoms with Crippen molar-refractivity contribution in [2.45, 2.75) is 57.3 Å². The van der Waals surface area contributed by atoms with Gasteiger partial charge in [-0.1, -0.05) is 38.7 Å². The molecule has 0 aromatic heterocycles. The Morgan fingerprint density at radius 2 is 1.50 bits per heavy atom. The van der Waals surface area contributed by atoms with Gasteiger partial charge in [0.1, 0.15) is 29.0 Å². The first-order valence-electron chi connectivity index (χ1n) is 9.90. The minimum Gasteiger partial charge on any atom is -0.744 e. The van der Waals surface area contributed by atoms with Crippen molar-refractivity contribution < 1.29 is 32.8 Å². The number of likely N-dealkylation sites (N-methyl/N-ethyl adjacent to an activating group) is 1. The van der Waals surface area contributed by atoms with E-state index in [1.165, 1.54) is 57.6 Å². The second-order valence-electron chi connectivity index (χ2n) is 7.41. The highest BCUT2D eigenvalue weighted by molar-refractivity contribution is 7.85. The van der Waals surface area contributed by atoms with E-state index in [4.69, 9.17) is 15.3 Å². The summed E-state index contributed by atoms with van der Waals surface area (Å²) in [6, 6.07) is 3.64. The monoisotopic (exact) mass is 419 g/mol. The second kappa shape index (κ2) is 13.9. The molecule has 0 radical (unpaired) electrons. The van der Waals surface area contributed by atoms with Crippen molar-refractivity contribution in [2.75, 3.05) is 39.9 Å². The van der Waals surface area contributed by atoms with E-state index in [0.29, 0.717) is 5.56 Å². The Morgan fingerprint density at radius 3 is 1.96 bits per heavy atom. The van der Waals surface area contributed by atoms with Crippen LogP contribution in [0.15, 0.2) is 23.1 Å². The Balaban J connectivity index is 0.000000540. The number of phenols is 1. The average Bonchev–Trinajstić information content (AvgIpc) is 2.60. The van der Waals surface area contributed by atoms with Crippen LogP contribution in [0.4, 0.5) is 0 Å². The number of quaternary nitrogens is 1. The summed E-state index contributed by atoms with van der Waals surface area (Å²) in [5.74, 6) is -0.227. The van der Waals surface area contributed by atoms with E-state index >= 15 is 0 Å². The van der Waals surface area contributed by atoms with Crippen molar-refractivity contribution in [2.24, 2.45) is 0 Å². The number of aromatic hydroxyl groups is 1. The summed E-state index contributed by atoms with van der Waals surface area (Å²) in [5.41, 5.74) is 0.336. The highest BCUT2D eigenvalue weighted by atomic mass is 32.2. The maximum atomic E-state index is 10.5. The number of nitrogens with zero attached hydrogens (tertiary/aromatic N) is 1. The van der Waals surface area contributed by atoms with Gasteiger partial charge in [0.15, 0.2) is 0 Å². The van der Waals surface area contributed by atoms with Gasteiger partial charge in [-0.05, 0) is 37.5 Å². The summed E-state index contributed by atoms with van der Waals surface area (Å²) in [7, 11) is -2.34. The average molecular weight is 420 g/mol. The van der Waals surface area contributed by atoms with E-state index in [-0.39, 0.29) is 23.9 Å². The Kier molecular flexibility index (Phi) is 13.3. The minimum atomic E-state index is -4.47. The van der Waals surface area contributed by atoms with Crippen LogP contribution in [0.5, 0.6) is 5.75 Å². The first-order valence-corrected chi connectivity index (χ1v) is 11.3. The lowest BCUT2D eigenvalue weighted by atomic mass is 10.1. The number of rotatable bonds is 12. The molecule has 0 heterocycles.